The van der Waals surface area contributed by atoms with Crippen LogP contribution in [0.5, 0.6) is 0 Å². The molecule has 0 spiro atoms. The number of sulfonamides is 1. The Morgan fingerprint density at radius 1 is 1.07 bits per heavy atom. The third-order valence-electron chi connectivity index (χ3n) is 4.76. The number of amides is 1. The highest BCUT2D eigenvalue weighted by Crippen LogP contribution is 2.26. The van der Waals surface area contributed by atoms with Gasteiger partial charge in [-0.1, -0.05) is 17.3 Å². The van der Waals surface area contributed by atoms with Crippen LogP contribution in [0.4, 0.5) is 5.69 Å². The van der Waals surface area contributed by atoms with Crippen molar-refractivity contribution in [2.24, 2.45) is 0 Å². The van der Waals surface area contributed by atoms with Gasteiger partial charge in [-0.2, -0.15) is 9.29 Å². The normalized spacial score (nSPS) is 14.8. The summed E-state index contributed by atoms with van der Waals surface area (Å²) in [6, 6.07) is 13.1. The topological polar surface area (TPSA) is 105 Å². The number of hydrogen-bond donors (Lipinski definition) is 1. The van der Waals surface area contributed by atoms with Crippen molar-refractivity contribution in [2.75, 3.05) is 18.4 Å². The summed E-state index contributed by atoms with van der Waals surface area (Å²) in [5.74, 6) is 0.448. The van der Waals surface area contributed by atoms with Gasteiger partial charge in [-0.05, 0) is 49.2 Å². The van der Waals surface area contributed by atoms with E-state index in [9.17, 15) is 13.2 Å². The lowest BCUT2D eigenvalue weighted by Gasteiger charge is -2.15. The third-order valence-corrected chi connectivity index (χ3v) is 6.68. The minimum Gasteiger partial charge on any atom is -0.339 e. The molecular weight excluding hydrogens is 392 g/mol. The van der Waals surface area contributed by atoms with Crippen molar-refractivity contribution < 1.29 is 17.7 Å². The van der Waals surface area contributed by atoms with Crippen LogP contribution in [0.15, 0.2) is 57.9 Å². The molecule has 1 aliphatic heterocycles. The number of nitrogens with zero attached hydrogens (tertiary/aromatic N) is 3. The van der Waals surface area contributed by atoms with Crippen molar-refractivity contribution in [2.45, 2.75) is 24.7 Å². The SMILES string of the molecule is Cc1nc(-c2ccccc2NC(=O)c2ccc(S(=O)(=O)N3CCCC3)cc2)no1. The van der Waals surface area contributed by atoms with Crippen LogP contribution in [0, 0.1) is 6.92 Å². The highest BCUT2D eigenvalue weighted by molar-refractivity contribution is 7.89. The molecule has 1 amide bonds. The lowest BCUT2D eigenvalue weighted by atomic mass is 10.1. The fourth-order valence-corrected chi connectivity index (χ4v) is 4.76. The number of aryl methyl sites for hydroxylation is 1. The number of benzene rings is 2. The number of carbonyl (C=O) groups excluding carboxylic acids is 1. The Morgan fingerprint density at radius 3 is 2.41 bits per heavy atom. The minimum absolute atomic E-state index is 0.193. The number of rotatable bonds is 5. The van der Waals surface area contributed by atoms with E-state index in [0.29, 0.717) is 41.6 Å². The molecule has 8 nitrogen and oxygen atoms in total. The van der Waals surface area contributed by atoms with E-state index in [-0.39, 0.29) is 10.8 Å². The van der Waals surface area contributed by atoms with E-state index in [4.69, 9.17) is 4.52 Å². The van der Waals surface area contributed by atoms with Gasteiger partial charge in [-0.3, -0.25) is 4.79 Å². The molecule has 1 N–H and O–H groups in total. The van der Waals surface area contributed by atoms with E-state index in [1.54, 1.807) is 25.1 Å². The molecule has 1 saturated heterocycles. The van der Waals surface area contributed by atoms with Gasteiger partial charge in [0.2, 0.25) is 21.7 Å². The summed E-state index contributed by atoms with van der Waals surface area (Å²) in [7, 11) is -3.51. The number of aromatic nitrogens is 2. The van der Waals surface area contributed by atoms with Crippen LogP contribution in [-0.2, 0) is 10.0 Å². The second-order valence-corrected chi connectivity index (χ2v) is 8.71. The van der Waals surface area contributed by atoms with Crippen molar-refractivity contribution in [3.05, 3.63) is 60.0 Å². The molecule has 2 heterocycles. The van der Waals surface area contributed by atoms with E-state index in [2.05, 4.69) is 15.5 Å². The molecule has 29 heavy (non-hydrogen) atoms. The van der Waals surface area contributed by atoms with Crippen molar-refractivity contribution in [3.63, 3.8) is 0 Å². The summed E-state index contributed by atoms with van der Waals surface area (Å²) in [6.45, 7) is 2.77. The molecule has 4 rings (SSSR count). The van der Waals surface area contributed by atoms with Crippen LogP contribution in [0.3, 0.4) is 0 Å². The van der Waals surface area contributed by atoms with Gasteiger partial charge in [0.25, 0.3) is 5.91 Å². The van der Waals surface area contributed by atoms with E-state index < -0.39 is 10.0 Å². The second-order valence-electron chi connectivity index (χ2n) is 6.77. The fourth-order valence-electron chi connectivity index (χ4n) is 3.25. The molecule has 0 unspecified atom stereocenters. The summed E-state index contributed by atoms with van der Waals surface area (Å²) in [6.07, 6.45) is 1.75. The number of para-hydroxylation sites is 1. The quantitative estimate of drug-likeness (QED) is 0.690. The summed E-state index contributed by atoms with van der Waals surface area (Å²) in [5.41, 5.74) is 1.52. The van der Waals surface area contributed by atoms with Gasteiger partial charge >= 0.3 is 0 Å². The van der Waals surface area contributed by atoms with Gasteiger partial charge in [-0.15, -0.1) is 0 Å². The maximum atomic E-state index is 12.7. The molecule has 1 aromatic heterocycles. The summed E-state index contributed by atoms with van der Waals surface area (Å²) in [5, 5.41) is 6.72. The van der Waals surface area contributed by atoms with E-state index in [1.807, 2.05) is 6.07 Å². The zero-order valence-corrected chi connectivity index (χ0v) is 16.6. The molecule has 0 saturated carbocycles. The van der Waals surface area contributed by atoms with Gasteiger partial charge in [0.05, 0.1) is 10.6 Å². The first-order chi connectivity index (χ1) is 13.9. The number of nitrogens with one attached hydrogen (secondary N) is 1. The number of carbonyl (C=O) groups is 1. The monoisotopic (exact) mass is 412 g/mol. The molecule has 0 radical (unpaired) electrons. The molecule has 0 atom stereocenters. The number of anilines is 1. The Kier molecular flexibility index (Phi) is 5.16. The predicted octanol–water partition coefficient (Wildman–Crippen LogP) is 3.08. The average molecular weight is 412 g/mol. The largest absolute Gasteiger partial charge is 0.339 e. The fraction of sp³-hybridized carbons (Fsp3) is 0.250. The zero-order chi connectivity index (χ0) is 20.4. The van der Waals surface area contributed by atoms with Gasteiger partial charge < -0.3 is 9.84 Å². The summed E-state index contributed by atoms with van der Waals surface area (Å²) in [4.78, 5) is 17.1. The van der Waals surface area contributed by atoms with Crippen LogP contribution in [-0.4, -0.2) is 41.9 Å². The van der Waals surface area contributed by atoms with Crippen molar-refractivity contribution in [1.82, 2.24) is 14.4 Å². The van der Waals surface area contributed by atoms with Crippen LogP contribution in [0.2, 0.25) is 0 Å². The Morgan fingerprint density at radius 2 is 1.76 bits per heavy atom. The molecule has 1 fully saturated rings. The van der Waals surface area contributed by atoms with Crippen LogP contribution >= 0.6 is 0 Å². The molecule has 0 aliphatic carbocycles. The molecule has 1 aliphatic rings. The predicted molar refractivity (Wildman–Crippen MR) is 107 cm³/mol. The van der Waals surface area contributed by atoms with E-state index >= 15 is 0 Å². The first-order valence-corrected chi connectivity index (χ1v) is 10.7. The van der Waals surface area contributed by atoms with Crippen LogP contribution < -0.4 is 5.32 Å². The van der Waals surface area contributed by atoms with Gasteiger partial charge in [-0.25, -0.2) is 8.42 Å². The first kappa shape index (κ1) is 19.3. The Labute approximate surface area is 168 Å². The molecular formula is C20H20N4O4S. The molecule has 2 aromatic carbocycles. The molecule has 150 valence electrons. The van der Waals surface area contributed by atoms with E-state index in [1.165, 1.54) is 28.6 Å². The summed E-state index contributed by atoms with van der Waals surface area (Å²) >= 11 is 0. The van der Waals surface area contributed by atoms with Crippen LogP contribution in [0.1, 0.15) is 29.1 Å². The Bertz CT molecular complexity index is 1130. The van der Waals surface area contributed by atoms with Gasteiger partial charge in [0.15, 0.2) is 0 Å². The number of hydrogen-bond acceptors (Lipinski definition) is 6. The van der Waals surface area contributed by atoms with Crippen molar-refractivity contribution >= 4 is 21.6 Å². The molecule has 9 heteroatoms. The minimum atomic E-state index is -3.51. The standard InChI is InChI=1S/C20H20N4O4S/c1-14-21-19(23-28-14)17-6-2-3-7-18(17)22-20(25)15-8-10-16(11-9-15)29(26,27)24-12-4-5-13-24/h2-3,6-11H,4-5,12-13H2,1H3,(H,22,25). The highest BCUT2D eigenvalue weighted by atomic mass is 32.2. The highest BCUT2D eigenvalue weighted by Gasteiger charge is 2.27. The van der Waals surface area contributed by atoms with Crippen molar-refractivity contribution in [1.29, 1.82) is 0 Å². The maximum absolute atomic E-state index is 12.7. The second kappa shape index (κ2) is 7.76. The molecule has 0 bridgehead atoms. The van der Waals surface area contributed by atoms with E-state index in [0.717, 1.165) is 12.8 Å². The lowest BCUT2D eigenvalue weighted by molar-refractivity contribution is 0.102. The smallest absolute Gasteiger partial charge is 0.255 e. The zero-order valence-electron chi connectivity index (χ0n) is 15.8. The summed E-state index contributed by atoms with van der Waals surface area (Å²) < 4.78 is 31.7. The maximum Gasteiger partial charge on any atom is 0.255 e. The lowest BCUT2D eigenvalue weighted by Crippen LogP contribution is -2.27. The Balaban J connectivity index is 1.54. The average Bonchev–Trinajstić information content (AvgIpc) is 3.41. The van der Waals surface area contributed by atoms with Gasteiger partial charge in [0.1, 0.15) is 0 Å². The van der Waals surface area contributed by atoms with Gasteiger partial charge in [0, 0.05) is 31.1 Å². The third kappa shape index (κ3) is 3.92. The first-order valence-electron chi connectivity index (χ1n) is 9.26. The van der Waals surface area contributed by atoms with Crippen LogP contribution in [0.25, 0.3) is 11.4 Å². The Hall–Kier alpha value is -3.04. The van der Waals surface area contributed by atoms with Crippen molar-refractivity contribution in [3.8, 4) is 11.4 Å². The molecule has 3 aromatic rings.